The normalized spacial score (nSPS) is 11.4. The molecule has 0 radical (unpaired) electrons. The Morgan fingerprint density at radius 1 is 1.12 bits per heavy atom. The lowest BCUT2D eigenvalue weighted by molar-refractivity contribution is -0.274. The summed E-state index contributed by atoms with van der Waals surface area (Å²) in [5, 5.41) is 2.71. The highest BCUT2D eigenvalue weighted by Crippen LogP contribution is 2.23. The number of methoxy groups -OCH3 is 1. The van der Waals surface area contributed by atoms with Crippen LogP contribution in [0.15, 0.2) is 54.6 Å². The lowest BCUT2D eigenvalue weighted by atomic mass is 10.2. The number of alkyl halides is 3. The number of rotatable bonds is 6. The first-order valence-corrected chi connectivity index (χ1v) is 7.31. The second-order valence-electron chi connectivity index (χ2n) is 4.98. The number of hydrogen-bond donors (Lipinski definition) is 1. The smallest absolute Gasteiger partial charge is 0.496 e. The molecule has 0 fully saturated rings. The Hall–Kier alpha value is -2.96. The predicted molar refractivity (Wildman–Crippen MR) is 87.0 cm³/mol. The maximum absolute atomic E-state index is 12.1. The summed E-state index contributed by atoms with van der Waals surface area (Å²) < 4.78 is 45.2. The van der Waals surface area contributed by atoms with Gasteiger partial charge in [0, 0.05) is 18.2 Å². The summed E-state index contributed by atoms with van der Waals surface area (Å²) in [6.45, 7) is 0.297. The SMILES string of the molecule is COc1ccccc1CNC(=O)/C=C/c1ccc(OC(F)(F)F)cc1. The minimum Gasteiger partial charge on any atom is -0.496 e. The topological polar surface area (TPSA) is 47.6 Å². The molecule has 4 nitrogen and oxygen atoms in total. The number of carbonyl (C=O) groups excluding carboxylic acids is 1. The molecule has 0 aliphatic heterocycles. The van der Waals surface area contributed by atoms with Gasteiger partial charge in [-0.15, -0.1) is 13.2 Å². The lowest BCUT2D eigenvalue weighted by Gasteiger charge is -2.08. The fourth-order valence-electron chi connectivity index (χ4n) is 2.04. The van der Waals surface area contributed by atoms with E-state index in [4.69, 9.17) is 4.74 Å². The molecule has 2 rings (SSSR count). The fourth-order valence-corrected chi connectivity index (χ4v) is 2.04. The van der Waals surface area contributed by atoms with Crippen LogP contribution in [0.25, 0.3) is 6.08 Å². The van der Waals surface area contributed by atoms with E-state index in [0.717, 1.165) is 5.56 Å². The maximum Gasteiger partial charge on any atom is 0.573 e. The molecule has 0 unspecified atom stereocenters. The van der Waals surface area contributed by atoms with Crippen LogP contribution in [-0.2, 0) is 11.3 Å². The van der Waals surface area contributed by atoms with E-state index < -0.39 is 6.36 Å². The van der Waals surface area contributed by atoms with E-state index >= 15 is 0 Å². The molecule has 1 amide bonds. The van der Waals surface area contributed by atoms with Crippen LogP contribution in [0, 0.1) is 0 Å². The molecule has 0 saturated heterocycles. The van der Waals surface area contributed by atoms with Gasteiger partial charge in [-0.2, -0.15) is 0 Å². The van der Waals surface area contributed by atoms with E-state index in [1.54, 1.807) is 13.2 Å². The monoisotopic (exact) mass is 351 g/mol. The van der Waals surface area contributed by atoms with E-state index in [-0.39, 0.29) is 11.7 Å². The van der Waals surface area contributed by atoms with Gasteiger partial charge in [-0.1, -0.05) is 30.3 Å². The number of amides is 1. The van der Waals surface area contributed by atoms with Crippen LogP contribution in [0.4, 0.5) is 13.2 Å². The number of ether oxygens (including phenoxy) is 2. The third-order valence-electron chi connectivity index (χ3n) is 3.19. The van der Waals surface area contributed by atoms with Crippen LogP contribution >= 0.6 is 0 Å². The van der Waals surface area contributed by atoms with Gasteiger partial charge >= 0.3 is 6.36 Å². The van der Waals surface area contributed by atoms with Crippen molar-refractivity contribution < 1.29 is 27.4 Å². The van der Waals surface area contributed by atoms with Gasteiger partial charge in [0.1, 0.15) is 11.5 Å². The minimum absolute atomic E-state index is 0.297. The largest absolute Gasteiger partial charge is 0.573 e. The lowest BCUT2D eigenvalue weighted by Crippen LogP contribution is -2.20. The van der Waals surface area contributed by atoms with Crippen molar-refractivity contribution in [3.63, 3.8) is 0 Å². The van der Waals surface area contributed by atoms with Crippen molar-refractivity contribution in [1.29, 1.82) is 0 Å². The van der Waals surface area contributed by atoms with Crippen molar-refractivity contribution in [3.05, 3.63) is 65.7 Å². The van der Waals surface area contributed by atoms with Crippen molar-refractivity contribution in [1.82, 2.24) is 5.32 Å². The van der Waals surface area contributed by atoms with E-state index in [0.29, 0.717) is 17.9 Å². The highest BCUT2D eigenvalue weighted by molar-refractivity contribution is 5.91. The summed E-state index contributed by atoms with van der Waals surface area (Å²) >= 11 is 0. The van der Waals surface area contributed by atoms with Gasteiger partial charge < -0.3 is 14.8 Å². The molecule has 0 saturated carbocycles. The summed E-state index contributed by atoms with van der Waals surface area (Å²) in [7, 11) is 1.55. The van der Waals surface area contributed by atoms with Crippen LogP contribution < -0.4 is 14.8 Å². The van der Waals surface area contributed by atoms with E-state index in [2.05, 4.69) is 10.1 Å². The standard InChI is InChI=1S/C18H16F3NO3/c1-24-16-5-3-2-4-14(16)12-22-17(23)11-8-13-6-9-15(10-7-13)25-18(19,20)21/h2-11H,12H2,1H3,(H,22,23)/b11-8+. The van der Waals surface area contributed by atoms with Gasteiger partial charge in [0.15, 0.2) is 0 Å². The van der Waals surface area contributed by atoms with Crippen molar-refractivity contribution >= 4 is 12.0 Å². The molecule has 25 heavy (non-hydrogen) atoms. The first-order valence-electron chi connectivity index (χ1n) is 7.31. The molecule has 132 valence electrons. The van der Waals surface area contributed by atoms with Gasteiger partial charge in [0.2, 0.25) is 5.91 Å². The molecule has 0 atom stereocenters. The summed E-state index contributed by atoms with van der Waals surface area (Å²) in [5.41, 5.74) is 1.40. The first-order chi connectivity index (χ1) is 11.9. The summed E-state index contributed by atoms with van der Waals surface area (Å²) in [6.07, 6.45) is -1.93. The second kappa shape index (κ2) is 8.23. The summed E-state index contributed by atoms with van der Waals surface area (Å²) in [6, 6.07) is 12.5. The molecule has 7 heteroatoms. The Balaban J connectivity index is 1.89. The van der Waals surface area contributed by atoms with Crippen LogP contribution in [0.2, 0.25) is 0 Å². The molecule has 0 aliphatic rings. The molecule has 0 bridgehead atoms. The molecular weight excluding hydrogens is 335 g/mol. The molecule has 0 aromatic heterocycles. The number of carbonyl (C=O) groups is 1. The van der Waals surface area contributed by atoms with Gasteiger partial charge in [0.25, 0.3) is 0 Å². The number of benzene rings is 2. The number of para-hydroxylation sites is 1. The zero-order valence-corrected chi connectivity index (χ0v) is 13.3. The molecule has 0 aliphatic carbocycles. The predicted octanol–water partition coefficient (Wildman–Crippen LogP) is 3.92. The van der Waals surface area contributed by atoms with Gasteiger partial charge in [-0.05, 0) is 29.8 Å². The van der Waals surface area contributed by atoms with Crippen LogP contribution in [-0.4, -0.2) is 19.4 Å². The van der Waals surface area contributed by atoms with E-state index in [1.165, 1.54) is 36.4 Å². The summed E-state index contributed by atoms with van der Waals surface area (Å²) in [5.74, 6) is 0.0267. The Labute approximate surface area is 142 Å². The van der Waals surface area contributed by atoms with Crippen molar-refractivity contribution in [2.75, 3.05) is 7.11 Å². The third-order valence-corrected chi connectivity index (χ3v) is 3.19. The van der Waals surface area contributed by atoms with Crippen LogP contribution in [0.1, 0.15) is 11.1 Å². The number of hydrogen-bond acceptors (Lipinski definition) is 3. The van der Waals surface area contributed by atoms with Gasteiger partial charge in [-0.25, -0.2) is 0 Å². The minimum atomic E-state index is -4.73. The van der Waals surface area contributed by atoms with Crippen molar-refractivity contribution in [3.8, 4) is 11.5 Å². The van der Waals surface area contributed by atoms with Crippen molar-refractivity contribution in [2.45, 2.75) is 12.9 Å². The number of nitrogens with one attached hydrogen (secondary N) is 1. The van der Waals surface area contributed by atoms with E-state index in [1.807, 2.05) is 18.2 Å². The van der Waals surface area contributed by atoms with E-state index in [9.17, 15) is 18.0 Å². The zero-order chi connectivity index (χ0) is 18.3. The third kappa shape index (κ3) is 6.21. The second-order valence-corrected chi connectivity index (χ2v) is 4.98. The van der Waals surface area contributed by atoms with Gasteiger partial charge in [-0.3, -0.25) is 4.79 Å². The Bertz CT molecular complexity index is 740. The highest BCUT2D eigenvalue weighted by atomic mass is 19.4. The molecule has 2 aromatic carbocycles. The van der Waals surface area contributed by atoms with Crippen molar-refractivity contribution in [2.24, 2.45) is 0 Å². The average molecular weight is 351 g/mol. The molecule has 2 aromatic rings. The maximum atomic E-state index is 12.1. The average Bonchev–Trinajstić information content (AvgIpc) is 2.58. The van der Waals surface area contributed by atoms with Gasteiger partial charge in [0.05, 0.1) is 7.11 Å². The highest BCUT2D eigenvalue weighted by Gasteiger charge is 2.30. The zero-order valence-electron chi connectivity index (χ0n) is 13.3. The first kappa shape index (κ1) is 18.4. The van der Waals surface area contributed by atoms with Crippen LogP contribution in [0.3, 0.4) is 0 Å². The molecule has 1 N–H and O–H groups in total. The fraction of sp³-hybridized carbons (Fsp3) is 0.167. The Kier molecular flexibility index (Phi) is 6.05. The Morgan fingerprint density at radius 3 is 2.44 bits per heavy atom. The molecule has 0 spiro atoms. The quantitative estimate of drug-likeness (QED) is 0.803. The summed E-state index contributed by atoms with van der Waals surface area (Å²) in [4.78, 5) is 11.8. The molecule has 0 heterocycles. The van der Waals surface area contributed by atoms with Crippen LogP contribution in [0.5, 0.6) is 11.5 Å². The Morgan fingerprint density at radius 2 is 1.80 bits per heavy atom. The molecular formula is C18H16F3NO3. The number of halogens is 3.